The minimum absolute atomic E-state index is 1.17. The Bertz CT molecular complexity index is 764. The van der Waals surface area contributed by atoms with Crippen molar-refractivity contribution >= 4 is 36.5 Å². The Morgan fingerprint density at radius 2 is 1.52 bits per heavy atom. The van der Waals surface area contributed by atoms with E-state index < -0.39 is 43.0 Å². The lowest BCUT2D eigenvalue weighted by Gasteiger charge is -2.04. The molecule has 0 radical (unpaired) electrons. The van der Waals surface area contributed by atoms with Crippen molar-refractivity contribution in [2.75, 3.05) is 0 Å². The molecule has 0 amide bonds. The van der Waals surface area contributed by atoms with Crippen LogP contribution < -0.4 is 0 Å². The summed E-state index contributed by atoms with van der Waals surface area (Å²) in [6.45, 7) is 3.63. The Labute approximate surface area is 132 Å². The van der Waals surface area contributed by atoms with Crippen LogP contribution in [0.1, 0.15) is 12.0 Å². The molecular formula is C12H14O9S2. The van der Waals surface area contributed by atoms with Gasteiger partial charge in [0.1, 0.15) is 6.10 Å². The summed E-state index contributed by atoms with van der Waals surface area (Å²) in [5, 5.41) is 4.64. The first-order valence-electron chi connectivity index (χ1n) is 5.76. The van der Waals surface area contributed by atoms with E-state index in [1.807, 2.05) is 36.4 Å². The first-order chi connectivity index (χ1) is 10.4. The van der Waals surface area contributed by atoms with Crippen LogP contribution >= 0.6 is 0 Å². The largest absolute Gasteiger partial charge is 0.384 e. The van der Waals surface area contributed by atoms with Gasteiger partial charge < -0.3 is 5.11 Å². The van der Waals surface area contributed by atoms with Gasteiger partial charge in [0.25, 0.3) is 5.12 Å². The molecular weight excluding hydrogens is 352 g/mol. The van der Waals surface area contributed by atoms with Crippen molar-refractivity contribution in [3.05, 3.63) is 42.5 Å². The fourth-order valence-electron chi connectivity index (χ4n) is 1.11. The van der Waals surface area contributed by atoms with E-state index in [1.165, 1.54) is 5.56 Å². The number of aliphatic hydroxyl groups excluding tert-OH is 1. The van der Waals surface area contributed by atoms with E-state index in [1.54, 1.807) is 0 Å². The second kappa shape index (κ2) is 8.64. The summed E-state index contributed by atoms with van der Waals surface area (Å²) in [4.78, 5) is 21.0. The fourth-order valence-corrected chi connectivity index (χ4v) is 1.90. The van der Waals surface area contributed by atoms with Gasteiger partial charge in [-0.3, -0.25) is 18.7 Å². The summed E-state index contributed by atoms with van der Waals surface area (Å²) in [5.41, 5.74) is 1.17. The summed E-state index contributed by atoms with van der Waals surface area (Å²) in [6, 6.07) is 10.0. The smallest absolute Gasteiger partial charge is 0.331 e. The van der Waals surface area contributed by atoms with Crippen molar-refractivity contribution in [2.45, 2.75) is 12.5 Å². The summed E-state index contributed by atoms with van der Waals surface area (Å²) < 4.78 is 56.7. The highest BCUT2D eigenvalue weighted by molar-refractivity contribution is 8.01. The second-order valence-corrected chi connectivity index (χ2v) is 6.73. The number of carbonyl (C=O) groups is 2. The molecule has 3 N–H and O–H groups in total. The third kappa shape index (κ3) is 8.32. The zero-order valence-corrected chi connectivity index (χ0v) is 13.2. The van der Waals surface area contributed by atoms with Gasteiger partial charge in [-0.25, -0.2) is 0 Å². The van der Waals surface area contributed by atoms with Gasteiger partial charge in [-0.2, -0.15) is 16.8 Å². The van der Waals surface area contributed by atoms with Gasteiger partial charge in [-0.15, -0.1) is 0 Å². The molecule has 1 rings (SSSR count). The van der Waals surface area contributed by atoms with Gasteiger partial charge in [-0.1, -0.05) is 43.0 Å². The standard InChI is InChI=1S/C8H8.C4H6O9S2/c1-2-8-6-4-3-5-7-8;5-2(4(7)15(11,12)13)1-3(6)14(8,9)10/h2-7H,1H2;2,5H,1H2,(H,8,9,10)(H,11,12,13). The number of benzene rings is 1. The maximum atomic E-state index is 10.5. The molecule has 0 bridgehead atoms. The Hall–Kier alpha value is -1.92. The monoisotopic (exact) mass is 366 g/mol. The van der Waals surface area contributed by atoms with Gasteiger partial charge >= 0.3 is 25.4 Å². The second-order valence-electron chi connectivity index (χ2n) is 3.98. The molecule has 0 aliphatic rings. The van der Waals surface area contributed by atoms with E-state index in [-0.39, 0.29) is 0 Å². The molecule has 0 fully saturated rings. The van der Waals surface area contributed by atoms with Crippen molar-refractivity contribution in [3.8, 4) is 0 Å². The van der Waals surface area contributed by atoms with Gasteiger partial charge in [0.05, 0.1) is 6.42 Å². The molecule has 0 spiro atoms. The van der Waals surface area contributed by atoms with Crippen molar-refractivity contribution in [2.24, 2.45) is 0 Å². The summed E-state index contributed by atoms with van der Waals surface area (Å²) >= 11 is 0. The van der Waals surface area contributed by atoms with E-state index in [4.69, 9.17) is 14.2 Å². The molecule has 0 aliphatic heterocycles. The van der Waals surface area contributed by atoms with E-state index in [2.05, 4.69) is 6.58 Å². The molecule has 0 saturated heterocycles. The van der Waals surface area contributed by atoms with Crippen molar-refractivity contribution < 1.29 is 40.6 Å². The zero-order chi connectivity index (χ0) is 18.3. The molecule has 23 heavy (non-hydrogen) atoms. The van der Waals surface area contributed by atoms with Crippen molar-refractivity contribution in [3.63, 3.8) is 0 Å². The first kappa shape index (κ1) is 21.1. The number of hydrogen-bond donors (Lipinski definition) is 3. The van der Waals surface area contributed by atoms with Crippen LogP contribution in [0.5, 0.6) is 0 Å². The number of hydrogen-bond acceptors (Lipinski definition) is 7. The highest BCUT2D eigenvalue weighted by Crippen LogP contribution is 2.03. The average Bonchev–Trinajstić information content (AvgIpc) is 2.45. The number of rotatable bonds is 4. The molecule has 1 atom stereocenters. The third-order valence-corrected chi connectivity index (χ3v) is 3.73. The van der Waals surface area contributed by atoms with Gasteiger partial charge in [0.2, 0.25) is 0 Å². The lowest BCUT2D eigenvalue weighted by molar-refractivity contribution is -0.124. The Morgan fingerprint density at radius 3 is 1.83 bits per heavy atom. The summed E-state index contributed by atoms with van der Waals surface area (Å²) in [7, 11) is -10.3. The van der Waals surface area contributed by atoms with Crippen molar-refractivity contribution in [1.29, 1.82) is 0 Å². The lowest BCUT2D eigenvalue weighted by Crippen LogP contribution is -2.32. The van der Waals surface area contributed by atoms with Crippen LogP contribution in [0.3, 0.4) is 0 Å². The lowest BCUT2D eigenvalue weighted by atomic mass is 10.2. The molecule has 128 valence electrons. The van der Waals surface area contributed by atoms with Crippen LogP contribution in [0.4, 0.5) is 0 Å². The van der Waals surface area contributed by atoms with Crippen LogP contribution in [0.15, 0.2) is 36.9 Å². The predicted molar refractivity (Wildman–Crippen MR) is 80.3 cm³/mol. The Kier molecular flexibility index (Phi) is 7.92. The van der Waals surface area contributed by atoms with Crippen molar-refractivity contribution in [1.82, 2.24) is 0 Å². The maximum Gasteiger partial charge on any atom is 0.331 e. The molecule has 1 unspecified atom stereocenters. The minimum atomic E-state index is -5.21. The van der Waals surface area contributed by atoms with Gasteiger partial charge in [0.15, 0.2) is 0 Å². The molecule has 1 aromatic carbocycles. The van der Waals surface area contributed by atoms with Gasteiger partial charge in [-0.05, 0) is 5.56 Å². The van der Waals surface area contributed by atoms with E-state index >= 15 is 0 Å². The molecule has 0 heterocycles. The molecule has 0 aliphatic carbocycles. The number of carbonyl (C=O) groups excluding carboxylic acids is 2. The quantitative estimate of drug-likeness (QED) is 0.617. The van der Waals surface area contributed by atoms with E-state index in [0.717, 1.165) is 0 Å². The Balaban J connectivity index is 0.000000502. The summed E-state index contributed by atoms with van der Waals surface area (Å²) in [6.07, 6.45) is -2.17. The molecule has 0 aromatic heterocycles. The number of aliphatic hydroxyl groups is 1. The van der Waals surface area contributed by atoms with Crippen LogP contribution in [0.2, 0.25) is 0 Å². The van der Waals surface area contributed by atoms with Crippen LogP contribution in [-0.4, -0.2) is 47.4 Å². The molecule has 11 heteroatoms. The molecule has 0 saturated carbocycles. The van der Waals surface area contributed by atoms with Crippen LogP contribution in [-0.2, 0) is 29.8 Å². The SMILES string of the molecule is C=Cc1ccccc1.O=C(CC(O)C(=O)S(=O)(=O)O)S(=O)(=O)O. The average molecular weight is 366 g/mol. The molecule has 9 nitrogen and oxygen atoms in total. The van der Waals surface area contributed by atoms with Crippen LogP contribution in [0.25, 0.3) is 6.08 Å². The zero-order valence-electron chi connectivity index (χ0n) is 11.6. The maximum absolute atomic E-state index is 10.5. The summed E-state index contributed by atoms with van der Waals surface area (Å²) in [5.74, 6) is 0. The normalized spacial score (nSPS) is 12.5. The van der Waals surface area contributed by atoms with Crippen LogP contribution in [0, 0.1) is 0 Å². The highest BCUT2D eigenvalue weighted by Gasteiger charge is 2.32. The topological polar surface area (TPSA) is 163 Å². The minimum Gasteiger partial charge on any atom is -0.384 e. The predicted octanol–water partition coefficient (Wildman–Crippen LogP) is -0.104. The third-order valence-electron chi connectivity index (χ3n) is 2.21. The van der Waals surface area contributed by atoms with E-state index in [9.17, 15) is 26.4 Å². The van der Waals surface area contributed by atoms with E-state index in [0.29, 0.717) is 0 Å². The van der Waals surface area contributed by atoms with Gasteiger partial charge in [0, 0.05) is 0 Å². The fraction of sp³-hybridized carbons (Fsp3) is 0.167. The Morgan fingerprint density at radius 1 is 1.04 bits per heavy atom. The first-order valence-corrected chi connectivity index (χ1v) is 8.64. The highest BCUT2D eigenvalue weighted by atomic mass is 32.2. The molecule has 1 aromatic rings.